The van der Waals surface area contributed by atoms with E-state index < -0.39 is 56.7 Å². The maximum atomic E-state index is 13.8. The van der Waals surface area contributed by atoms with Crippen LogP contribution in [0.4, 0.5) is 10.5 Å². The summed E-state index contributed by atoms with van der Waals surface area (Å²) in [4.78, 5) is 55.1. The van der Waals surface area contributed by atoms with Crippen LogP contribution in [0.25, 0.3) is 0 Å². The molecule has 5 unspecified atom stereocenters. The lowest BCUT2D eigenvalue weighted by atomic mass is 9.93. The number of fused-ring (bicyclic) bond motifs is 2. The van der Waals surface area contributed by atoms with Crippen LogP contribution < -0.4 is 20.1 Å². The number of nitrogens with one attached hydrogen (secondary N) is 3. The minimum Gasteiger partial charge on any atom is -0.497 e. The summed E-state index contributed by atoms with van der Waals surface area (Å²) in [6, 6.07) is 6.48. The molecular formula is C30H37N5O8S. The van der Waals surface area contributed by atoms with Crippen LogP contribution in [-0.4, -0.2) is 74.7 Å². The number of nitrogens with zero attached hydrogens (tertiary/aromatic N) is 2. The van der Waals surface area contributed by atoms with Crippen LogP contribution in [0.3, 0.4) is 0 Å². The number of rotatable bonds is 6. The lowest BCUT2D eigenvalue weighted by molar-refractivity contribution is -0.140. The number of hydrogen-bond acceptors (Lipinski definition) is 9. The van der Waals surface area contributed by atoms with E-state index in [9.17, 15) is 32.9 Å². The Morgan fingerprint density at radius 1 is 1.14 bits per heavy atom. The highest BCUT2D eigenvalue weighted by molar-refractivity contribution is 7.91. The number of carbonyl (C=O) groups is 4. The molecule has 4 amide bonds. The average Bonchev–Trinajstić information content (AvgIpc) is 3.91. The number of amides is 4. The summed E-state index contributed by atoms with van der Waals surface area (Å²) < 4.78 is 38.1. The first-order chi connectivity index (χ1) is 21.0. The van der Waals surface area contributed by atoms with E-state index in [2.05, 4.69) is 15.4 Å². The Hall–Kier alpha value is -4.12. The van der Waals surface area contributed by atoms with Crippen LogP contribution in [0, 0.1) is 29.1 Å². The van der Waals surface area contributed by atoms with E-state index in [0.29, 0.717) is 31.6 Å². The van der Waals surface area contributed by atoms with E-state index in [1.807, 2.05) is 18.2 Å². The van der Waals surface area contributed by atoms with E-state index in [4.69, 9.17) is 9.47 Å². The predicted octanol–water partition coefficient (Wildman–Crippen LogP) is 2.19. The Morgan fingerprint density at radius 2 is 1.89 bits per heavy atom. The van der Waals surface area contributed by atoms with Gasteiger partial charge in [0.15, 0.2) is 0 Å². The summed E-state index contributed by atoms with van der Waals surface area (Å²) in [7, 11) is -0.740. The van der Waals surface area contributed by atoms with Crippen LogP contribution in [0.5, 0.6) is 5.75 Å². The van der Waals surface area contributed by atoms with Gasteiger partial charge in [-0.15, -0.1) is 0 Å². The van der Waals surface area contributed by atoms with Gasteiger partial charge in [0.2, 0.25) is 21.8 Å². The SMILES string of the molecule is COc1cc(C#N)cc(NC(=O)OC2CC3C(=O)NC4(C(=O)NS(=O)(=O)C5CC5)CC4C=CCCCCN(C)C(=O)C3C2)c1. The highest BCUT2D eigenvalue weighted by Crippen LogP contribution is 2.47. The third-order valence-corrected chi connectivity index (χ3v) is 10.6. The van der Waals surface area contributed by atoms with E-state index in [0.717, 1.165) is 12.8 Å². The summed E-state index contributed by atoms with van der Waals surface area (Å²) >= 11 is 0. The molecule has 3 aliphatic carbocycles. The van der Waals surface area contributed by atoms with Gasteiger partial charge in [0.25, 0.3) is 5.91 Å². The Kier molecular flexibility index (Phi) is 8.88. The monoisotopic (exact) mass is 627 g/mol. The first-order valence-corrected chi connectivity index (χ1v) is 16.4. The third-order valence-electron chi connectivity index (χ3n) is 8.79. The zero-order valence-corrected chi connectivity index (χ0v) is 25.5. The van der Waals surface area contributed by atoms with E-state index >= 15 is 0 Å². The molecule has 0 spiro atoms. The summed E-state index contributed by atoms with van der Waals surface area (Å²) in [5.41, 5.74) is -0.899. The van der Waals surface area contributed by atoms with Crippen LogP contribution in [0.2, 0.25) is 0 Å². The molecule has 1 aromatic carbocycles. The van der Waals surface area contributed by atoms with Crippen molar-refractivity contribution in [2.75, 3.05) is 26.0 Å². The maximum Gasteiger partial charge on any atom is 0.411 e. The summed E-state index contributed by atoms with van der Waals surface area (Å²) in [5, 5.41) is 14.0. The lowest BCUT2D eigenvalue weighted by Gasteiger charge is -2.26. The van der Waals surface area contributed by atoms with Gasteiger partial charge in [-0.25, -0.2) is 13.2 Å². The molecular weight excluding hydrogens is 590 g/mol. The molecule has 0 bridgehead atoms. The highest BCUT2D eigenvalue weighted by atomic mass is 32.2. The zero-order chi connectivity index (χ0) is 31.6. The van der Waals surface area contributed by atoms with Gasteiger partial charge in [0.05, 0.1) is 35.8 Å². The first-order valence-electron chi connectivity index (χ1n) is 14.8. The molecule has 0 aromatic heterocycles. The molecule has 4 aliphatic rings. The molecule has 1 aromatic rings. The predicted molar refractivity (Wildman–Crippen MR) is 158 cm³/mol. The average molecular weight is 628 g/mol. The Morgan fingerprint density at radius 3 is 2.59 bits per heavy atom. The summed E-state index contributed by atoms with van der Waals surface area (Å²) in [6.45, 7) is 0.495. The van der Waals surface area contributed by atoms with Crippen molar-refractivity contribution in [1.82, 2.24) is 14.9 Å². The van der Waals surface area contributed by atoms with Crippen molar-refractivity contribution >= 4 is 39.5 Å². The second kappa shape index (κ2) is 12.5. The standard InChI is InChI=1S/C30H37N5O8S/c1-35-10-6-4-3-5-7-19-16-30(19,28(38)34-44(40,41)23-8-9-23)33-26(36)24-14-22(15-25(24)27(35)37)43-29(39)32-20-11-18(17-31)12-21(13-20)42-2/h5,7,11-13,19,22-25H,3-4,6,8-10,14-16H2,1-2H3,(H,32,39)(H,33,36)(H,34,38). The number of anilines is 1. The van der Waals surface area contributed by atoms with Gasteiger partial charge in [-0.05, 0) is 63.5 Å². The molecule has 5 rings (SSSR count). The summed E-state index contributed by atoms with van der Waals surface area (Å²) in [6.07, 6.45) is 5.74. The number of methoxy groups -OCH3 is 1. The number of allylic oxidation sites excluding steroid dienone is 1. The van der Waals surface area contributed by atoms with Gasteiger partial charge in [0, 0.05) is 31.3 Å². The molecule has 0 saturated heterocycles. The van der Waals surface area contributed by atoms with Gasteiger partial charge in [-0.1, -0.05) is 12.2 Å². The zero-order valence-electron chi connectivity index (χ0n) is 24.7. The first kappa shape index (κ1) is 31.3. The second-order valence-electron chi connectivity index (χ2n) is 12.0. The molecule has 1 heterocycles. The van der Waals surface area contributed by atoms with Crippen LogP contribution in [-0.2, 0) is 29.1 Å². The minimum absolute atomic E-state index is 0.0314. The van der Waals surface area contributed by atoms with Crippen molar-refractivity contribution in [2.24, 2.45) is 17.8 Å². The van der Waals surface area contributed by atoms with Crippen LogP contribution >= 0.6 is 0 Å². The second-order valence-corrected chi connectivity index (χ2v) is 14.0. The minimum atomic E-state index is -3.84. The van der Waals surface area contributed by atoms with Crippen LogP contribution in [0.1, 0.15) is 56.9 Å². The van der Waals surface area contributed by atoms with Crippen LogP contribution in [0.15, 0.2) is 30.4 Å². The van der Waals surface area contributed by atoms with Gasteiger partial charge in [0.1, 0.15) is 17.4 Å². The van der Waals surface area contributed by atoms with E-state index in [-0.39, 0.29) is 42.3 Å². The fourth-order valence-corrected chi connectivity index (χ4v) is 7.41. The van der Waals surface area contributed by atoms with Crippen molar-refractivity contribution in [3.05, 3.63) is 35.9 Å². The molecule has 44 heavy (non-hydrogen) atoms. The Bertz CT molecular complexity index is 1520. The quantitative estimate of drug-likeness (QED) is 0.398. The number of nitriles is 1. The molecule has 236 valence electrons. The van der Waals surface area contributed by atoms with E-state index in [1.165, 1.54) is 25.3 Å². The normalized spacial score (nSPS) is 28.8. The fraction of sp³-hybridized carbons (Fsp3) is 0.567. The number of ether oxygens (including phenoxy) is 2. The summed E-state index contributed by atoms with van der Waals surface area (Å²) in [5.74, 6) is -3.36. The van der Waals surface area contributed by atoms with Crippen molar-refractivity contribution in [3.63, 3.8) is 0 Å². The molecule has 0 radical (unpaired) electrons. The fourth-order valence-electron chi connectivity index (χ4n) is 6.04. The topological polar surface area (TPSA) is 184 Å². The largest absolute Gasteiger partial charge is 0.497 e. The maximum absolute atomic E-state index is 13.8. The van der Waals surface area contributed by atoms with Crippen molar-refractivity contribution in [2.45, 2.75) is 68.3 Å². The highest BCUT2D eigenvalue weighted by Gasteiger charge is 2.62. The molecule has 1 aliphatic heterocycles. The molecule has 5 atom stereocenters. The molecule has 3 saturated carbocycles. The Balaban J connectivity index is 1.34. The molecule has 3 fully saturated rings. The van der Waals surface area contributed by atoms with E-state index in [1.54, 1.807) is 11.9 Å². The number of sulfonamides is 1. The van der Waals surface area contributed by atoms with Gasteiger partial charge in [-0.3, -0.25) is 24.4 Å². The number of benzene rings is 1. The number of carbonyl (C=O) groups excluding carboxylic acids is 4. The van der Waals surface area contributed by atoms with Crippen molar-refractivity contribution in [3.8, 4) is 11.8 Å². The van der Waals surface area contributed by atoms with Gasteiger partial charge in [-0.2, -0.15) is 5.26 Å². The lowest BCUT2D eigenvalue weighted by Crippen LogP contribution is -2.54. The molecule has 14 heteroatoms. The third kappa shape index (κ3) is 6.83. The van der Waals surface area contributed by atoms with Gasteiger partial charge >= 0.3 is 6.09 Å². The number of hydrogen-bond donors (Lipinski definition) is 3. The molecule has 13 nitrogen and oxygen atoms in total. The van der Waals surface area contributed by atoms with Crippen molar-refractivity contribution in [1.29, 1.82) is 5.26 Å². The molecule has 3 N–H and O–H groups in total. The smallest absolute Gasteiger partial charge is 0.411 e. The van der Waals surface area contributed by atoms with Gasteiger partial charge < -0.3 is 19.7 Å². The Labute approximate surface area is 256 Å². The van der Waals surface area contributed by atoms with Crippen molar-refractivity contribution < 1.29 is 37.1 Å².